The van der Waals surface area contributed by atoms with Crippen LogP contribution in [-0.2, 0) is 9.59 Å². The third-order valence-corrected chi connectivity index (χ3v) is 3.72. The molecule has 0 radical (unpaired) electrons. The average Bonchev–Trinajstić information content (AvgIpc) is 2.42. The van der Waals surface area contributed by atoms with Gasteiger partial charge >= 0.3 is 0 Å². The number of nitrogens with zero attached hydrogens (tertiary/aromatic N) is 2. The van der Waals surface area contributed by atoms with Crippen LogP contribution in [0.2, 0.25) is 0 Å². The normalized spacial score (nSPS) is 17.5. The number of carbonyl (C=O) groups excluding carboxylic acids is 2. The molecule has 4 nitrogen and oxygen atoms in total. The number of anilines is 1. The van der Waals surface area contributed by atoms with Crippen LogP contribution in [0.3, 0.4) is 0 Å². The molecule has 0 aromatic heterocycles. The van der Waals surface area contributed by atoms with E-state index in [0.717, 1.165) is 30.6 Å². The van der Waals surface area contributed by atoms with E-state index in [0.29, 0.717) is 13.0 Å². The van der Waals surface area contributed by atoms with E-state index in [1.54, 1.807) is 4.90 Å². The number of carbonyl (C=O) groups is 2. The molecular formula is C15H20N2O2. The van der Waals surface area contributed by atoms with Crippen molar-refractivity contribution >= 4 is 17.9 Å². The molecule has 1 atom stereocenters. The third kappa shape index (κ3) is 2.95. The summed E-state index contributed by atoms with van der Waals surface area (Å²) in [7, 11) is 1.83. The quantitative estimate of drug-likeness (QED) is 0.773. The van der Waals surface area contributed by atoms with Crippen molar-refractivity contribution in [2.75, 3.05) is 31.6 Å². The Kier molecular flexibility index (Phi) is 4.20. The van der Waals surface area contributed by atoms with Crippen molar-refractivity contribution in [1.82, 2.24) is 4.90 Å². The molecule has 1 aliphatic rings. The van der Waals surface area contributed by atoms with Crippen molar-refractivity contribution in [1.29, 1.82) is 0 Å². The van der Waals surface area contributed by atoms with Crippen molar-refractivity contribution in [3.05, 3.63) is 29.8 Å². The smallest absolute Gasteiger partial charge is 0.241 e. The van der Waals surface area contributed by atoms with Gasteiger partial charge in [-0.2, -0.15) is 0 Å². The first-order chi connectivity index (χ1) is 9.13. The summed E-state index contributed by atoms with van der Waals surface area (Å²) in [6, 6.07) is 8.05. The van der Waals surface area contributed by atoms with E-state index in [1.165, 1.54) is 0 Å². The molecule has 1 fully saturated rings. The largest absolute Gasteiger partial charge is 0.360 e. The third-order valence-electron chi connectivity index (χ3n) is 3.72. The molecule has 1 aromatic carbocycles. The molecule has 1 unspecified atom stereocenters. The maximum absolute atomic E-state index is 11.8. The average molecular weight is 260 g/mol. The standard InChI is InChI=1S/C15H20N2O2/c1-12(7-10-18)13-5-3-4-6-14(13)17-9-8-16(2)15(19)11-17/h3-6,10,12H,7-9,11H2,1-2H3. The van der Waals surface area contributed by atoms with E-state index in [1.807, 2.05) is 38.2 Å². The minimum atomic E-state index is 0.143. The second kappa shape index (κ2) is 5.87. The van der Waals surface area contributed by atoms with Crippen LogP contribution in [-0.4, -0.2) is 43.8 Å². The Morgan fingerprint density at radius 1 is 1.32 bits per heavy atom. The molecule has 0 N–H and O–H groups in total. The molecule has 1 saturated heterocycles. The molecule has 0 saturated carbocycles. The second-order valence-corrected chi connectivity index (χ2v) is 5.10. The van der Waals surface area contributed by atoms with Crippen molar-refractivity contribution in [2.45, 2.75) is 19.3 Å². The Labute approximate surface area is 114 Å². The van der Waals surface area contributed by atoms with Crippen molar-refractivity contribution in [3.8, 4) is 0 Å². The molecule has 4 heteroatoms. The monoisotopic (exact) mass is 260 g/mol. The highest BCUT2D eigenvalue weighted by molar-refractivity contribution is 5.83. The van der Waals surface area contributed by atoms with Gasteiger partial charge in [0.15, 0.2) is 0 Å². The molecular weight excluding hydrogens is 240 g/mol. The highest BCUT2D eigenvalue weighted by Gasteiger charge is 2.23. The first kappa shape index (κ1) is 13.6. The van der Waals surface area contributed by atoms with E-state index in [9.17, 15) is 9.59 Å². The fraction of sp³-hybridized carbons (Fsp3) is 0.467. The van der Waals surface area contributed by atoms with Crippen LogP contribution in [0.5, 0.6) is 0 Å². The zero-order valence-electron chi connectivity index (χ0n) is 11.5. The summed E-state index contributed by atoms with van der Waals surface area (Å²) in [5.74, 6) is 0.326. The highest BCUT2D eigenvalue weighted by Crippen LogP contribution is 2.29. The lowest BCUT2D eigenvalue weighted by Crippen LogP contribution is -2.48. The SMILES string of the molecule is CC(CC=O)c1ccccc1N1CCN(C)C(=O)C1. The number of aldehydes is 1. The number of hydrogen-bond donors (Lipinski definition) is 0. The first-order valence-electron chi connectivity index (χ1n) is 6.65. The van der Waals surface area contributed by atoms with E-state index in [2.05, 4.69) is 4.90 Å². The Morgan fingerprint density at radius 2 is 2.05 bits per heavy atom. The van der Waals surface area contributed by atoms with Crippen LogP contribution < -0.4 is 4.90 Å². The van der Waals surface area contributed by atoms with Crippen molar-refractivity contribution < 1.29 is 9.59 Å². The Morgan fingerprint density at radius 3 is 2.74 bits per heavy atom. The van der Waals surface area contributed by atoms with E-state index in [-0.39, 0.29) is 11.8 Å². The van der Waals surface area contributed by atoms with Gasteiger partial charge in [-0.1, -0.05) is 25.1 Å². The summed E-state index contributed by atoms with van der Waals surface area (Å²) in [5, 5.41) is 0. The Bertz CT molecular complexity index is 473. The van der Waals surface area contributed by atoms with Gasteiger partial charge in [0.25, 0.3) is 0 Å². The number of benzene rings is 1. The maximum Gasteiger partial charge on any atom is 0.241 e. The van der Waals surface area contributed by atoms with Gasteiger partial charge in [0.1, 0.15) is 6.29 Å². The second-order valence-electron chi connectivity index (χ2n) is 5.10. The lowest BCUT2D eigenvalue weighted by atomic mass is 9.96. The summed E-state index contributed by atoms with van der Waals surface area (Å²) >= 11 is 0. The van der Waals surface area contributed by atoms with Crippen molar-refractivity contribution in [3.63, 3.8) is 0 Å². The van der Waals surface area contributed by atoms with E-state index in [4.69, 9.17) is 0 Å². The Balaban J connectivity index is 2.24. The van der Waals surface area contributed by atoms with Crippen LogP contribution in [0.1, 0.15) is 24.8 Å². The highest BCUT2D eigenvalue weighted by atomic mass is 16.2. The number of para-hydroxylation sites is 1. The molecule has 0 aliphatic carbocycles. The van der Waals surface area contributed by atoms with Gasteiger partial charge in [-0.3, -0.25) is 4.79 Å². The minimum Gasteiger partial charge on any atom is -0.360 e. The molecule has 0 bridgehead atoms. The number of rotatable bonds is 4. The van der Waals surface area contributed by atoms with Crippen LogP contribution >= 0.6 is 0 Å². The predicted molar refractivity (Wildman–Crippen MR) is 75.4 cm³/mol. The van der Waals surface area contributed by atoms with Gasteiger partial charge in [0.05, 0.1) is 6.54 Å². The molecule has 1 aromatic rings. The molecule has 1 aliphatic heterocycles. The number of piperazine rings is 1. The fourth-order valence-corrected chi connectivity index (χ4v) is 2.43. The van der Waals surface area contributed by atoms with E-state index < -0.39 is 0 Å². The lowest BCUT2D eigenvalue weighted by Gasteiger charge is -2.35. The summed E-state index contributed by atoms with van der Waals surface area (Å²) in [6.45, 7) is 4.05. The molecule has 0 spiro atoms. The number of likely N-dealkylation sites (N-methyl/N-ethyl adjacent to an activating group) is 1. The van der Waals surface area contributed by atoms with Crippen LogP contribution in [0.25, 0.3) is 0 Å². The predicted octanol–water partition coefficient (Wildman–Crippen LogP) is 1.66. The summed E-state index contributed by atoms with van der Waals surface area (Å²) < 4.78 is 0. The summed E-state index contributed by atoms with van der Waals surface area (Å²) in [5.41, 5.74) is 2.23. The Hall–Kier alpha value is -1.84. The minimum absolute atomic E-state index is 0.143. The fourth-order valence-electron chi connectivity index (χ4n) is 2.43. The zero-order valence-corrected chi connectivity index (χ0v) is 11.5. The van der Waals surface area contributed by atoms with Gasteiger partial charge in [0.2, 0.25) is 5.91 Å². The molecule has 1 heterocycles. The first-order valence-corrected chi connectivity index (χ1v) is 6.65. The summed E-state index contributed by atoms with van der Waals surface area (Å²) in [4.78, 5) is 26.4. The van der Waals surface area contributed by atoms with Gasteiger partial charge < -0.3 is 14.6 Å². The zero-order chi connectivity index (χ0) is 13.8. The topological polar surface area (TPSA) is 40.6 Å². The molecule has 2 rings (SSSR count). The van der Waals surface area contributed by atoms with E-state index >= 15 is 0 Å². The van der Waals surface area contributed by atoms with Gasteiger partial charge in [-0.25, -0.2) is 0 Å². The molecule has 102 valence electrons. The van der Waals surface area contributed by atoms with Crippen LogP contribution in [0, 0.1) is 0 Å². The molecule has 1 amide bonds. The van der Waals surface area contributed by atoms with Crippen LogP contribution in [0.15, 0.2) is 24.3 Å². The van der Waals surface area contributed by atoms with Crippen molar-refractivity contribution in [2.24, 2.45) is 0 Å². The van der Waals surface area contributed by atoms with Gasteiger partial charge in [0, 0.05) is 32.2 Å². The lowest BCUT2D eigenvalue weighted by molar-refractivity contribution is -0.129. The van der Waals surface area contributed by atoms with Gasteiger partial charge in [-0.05, 0) is 17.5 Å². The molecule has 19 heavy (non-hydrogen) atoms. The van der Waals surface area contributed by atoms with Crippen LogP contribution in [0.4, 0.5) is 5.69 Å². The summed E-state index contributed by atoms with van der Waals surface area (Å²) in [6.07, 6.45) is 1.47. The van der Waals surface area contributed by atoms with Gasteiger partial charge in [-0.15, -0.1) is 0 Å². The number of amides is 1. The maximum atomic E-state index is 11.8. The number of hydrogen-bond acceptors (Lipinski definition) is 3.